The molecule has 2 aromatic carbocycles. The van der Waals surface area contributed by atoms with Gasteiger partial charge in [-0.15, -0.1) is 0 Å². The van der Waals surface area contributed by atoms with E-state index in [0.717, 1.165) is 28.9 Å². The molecule has 2 amide bonds. The summed E-state index contributed by atoms with van der Waals surface area (Å²) < 4.78 is 11.0. The van der Waals surface area contributed by atoms with Gasteiger partial charge < -0.3 is 14.8 Å². The van der Waals surface area contributed by atoms with Crippen molar-refractivity contribution in [3.05, 3.63) is 76.9 Å². The lowest BCUT2D eigenvalue weighted by atomic mass is 10.0. The third-order valence-electron chi connectivity index (χ3n) is 6.06. The summed E-state index contributed by atoms with van der Waals surface area (Å²) in [6.07, 6.45) is 3.00. The third kappa shape index (κ3) is 9.04. The van der Waals surface area contributed by atoms with Crippen LogP contribution in [0.4, 0.5) is 9.59 Å². The number of amides is 2. The summed E-state index contributed by atoms with van der Waals surface area (Å²) in [7, 11) is 0. The fourth-order valence-electron chi connectivity index (χ4n) is 4.20. The van der Waals surface area contributed by atoms with Crippen molar-refractivity contribution in [2.75, 3.05) is 0 Å². The van der Waals surface area contributed by atoms with Crippen molar-refractivity contribution in [3.63, 3.8) is 0 Å². The predicted octanol–water partition coefficient (Wildman–Crippen LogP) is 7.33. The summed E-state index contributed by atoms with van der Waals surface area (Å²) in [4.78, 5) is 27.0. The molecular formula is C31H42N2O4. The predicted molar refractivity (Wildman–Crippen MR) is 148 cm³/mol. The number of hydrogen-bond acceptors (Lipinski definition) is 5. The van der Waals surface area contributed by atoms with Gasteiger partial charge in [0.15, 0.2) is 0 Å². The Kier molecular flexibility index (Phi) is 9.19. The highest BCUT2D eigenvalue weighted by molar-refractivity contribution is 5.88. The molecule has 2 aromatic rings. The van der Waals surface area contributed by atoms with Gasteiger partial charge >= 0.3 is 12.2 Å². The van der Waals surface area contributed by atoms with Gasteiger partial charge in [-0.05, 0) is 77.0 Å². The van der Waals surface area contributed by atoms with E-state index in [1.165, 1.54) is 11.1 Å². The number of hydrogen-bond donors (Lipinski definition) is 1. The molecule has 0 saturated heterocycles. The minimum atomic E-state index is -0.732. The molecule has 1 fully saturated rings. The molecular weight excluding hydrogens is 464 g/mol. The summed E-state index contributed by atoms with van der Waals surface area (Å²) in [5.74, 6) is 0.525. The molecule has 0 radical (unpaired) electrons. The highest BCUT2D eigenvalue weighted by Crippen LogP contribution is 2.40. The average Bonchev–Trinajstić information content (AvgIpc) is 3.58. The molecule has 0 heterocycles. The Morgan fingerprint density at radius 1 is 0.892 bits per heavy atom. The van der Waals surface area contributed by atoms with Gasteiger partial charge in [0, 0.05) is 12.6 Å². The smallest absolute Gasteiger partial charge is 0.420 e. The zero-order chi connectivity index (χ0) is 27.2. The quantitative estimate of drug-likeness (QED) is 0.406. The van der Waals surface area contributed by atoms with Crippen LogP contribution in [0, 0.1) is 5.92 Å². The first-order chi connectivity index (χ1) is 17.4. The zero-order valence-corrected chi connectivity index (χ0v) is 23.3. The van der Waals surface area contributed by atoms with E-state index in [2.05, 4.69) is 42.6 Å². The van der Waals surface area contributed by atoms with Crippen molar-refractivity contribution in [3.8, 4) is 0 Å². The van der Waals surface area contributed by atoms with Crippen LogP contribution in [0.2, 0.25) is 0 Å². The van der Waals surface area contributed by atoms with Crippen LogP contribution in [0.25, 0.3) is 6.08 Å². The van der Waals surface area contributed by atoms with E-state index in [1.807, 2.05) is 30.3 Å². The maximum absolute atomic E-state index is 13.0. The highest BCUT2D eigenvalue weighted by Gasteiger charge is 2.38. The second-order valence-corrected chi connectivity index (χ2v) is 11.6. The van der Waals surface area contributed by atoms with E-state index in [4.69, 9.17) is 9.47 Å². The maximum atomic E-state index is 13.0. The first-order valence-electron chi connectivity index (χ1n) is 13.2. The SMILES string of the molecule is CCC(=Cc1ccccc1)[C@@H]1C[C@H]1NCc1ccccc1CN(C(=O)OC(C)(C)C)C(=O)OC(C)(C)C. The summed E-state index contributed by atoms with van der Waals surface area (Å²) in [6.45, 7) is 13.6. The van der Waals surface area contributed by atoms with E-state index < -0.39 is 23.4 Å². The monoisotopic (exact) mass is 506 g/mol. The molecule has 1 aliphatic rings. The molecule has 6 nitrogen and oxygen atoms in total. The van der Waals surface area contributed by atoms with Gasteiger partial charge in [-0.2, -0.15) is 0 Å². The van der Waals surface area contributed by atoms with Crippen LogP contribution in [-0.4, -0.2) is 34.3 Å². The molecule has 1 N–H and O–H groups in total. The number of nitrogens with one attached hydrogen (secondary N) is 1. The van der Waals surface area contributed by atoms with Crippen LogP contribution in [0.15, 0.2) is 60.2 Å². The van der Waals surface area contributed by atoms with E-state index in [1.54, 1.807) is 41.5 Å². The Balaban J connectivity index is 1.70. The first kappa shape index (κ1) is 28.5. The van der Waals surface area contributed by atoms with Crippen LogP contribution in [0.3, 0.4) is 0 Å². The lowest BCUT2D eigenvalue weighted by molar-refractivity contribution is -0.000290. The van der Waals surface area contributed by atoms with E-state index >= 15 is 0 Å². The fraction of sp³-hybridized carbons (Fsp3) is 0.484. The van der Waals surface area contributed by atoms with Gasteiger partial charge in [0.1, 0.15) is 11.2 Å². The topological polar surface area (TPSA) is 67.9 Å². The molecule has 0 spiro atoms. The largest absolute Gasteiger partial charge is 0.443 e. The van der Waals surface area contributed by atoms with Crippen molar-refractivity contribution in [2.45, 2.75) is 91.6 Å². The second kappa shape index (κ2) is 12.0. The second-order valence-electron chi connectivity index (χ2n) is 11.6. The van der Waals surface area contributed by atoms with E-state index in [0.29, 0.717) is 18.5 Å². The number of imide groups is 1. The Labute approximate surface area is 222 Å². The van der Waals surface area contributed by atoms with Gasteiger partial charge in [-0.3, -0.25) is 0 Å². The lowest BCUT2D eigenvalue weighted by Gasteiger charge is -2.29. The molecule has 37 heavy (non-hydrogen) atoms. The minimum absolute atomic E-state index is 0.0733. The number of ether oxygens (including phenoxy) is 2. The van der Waals surface area contributed by atoms with Gasteiger partial charge in [0.25, 0.3) is 0 Å². The number of benzene rings is 2. The Hall–Kier alpha value is -3.12. The van der Waals surface area contributed by atoms with Crippen molar-refractivity contribution < 1.29 is 19.1 Å². The van der Waals surface area contributed by atoms with Crippen molar-refractivity contribution in [1.29, 1.82) is 0 Å². The molecule has 1 saturated carbocycles. The summed E-state index contributed by atoms with van der Waals surface area (Å²) >= 11 is 0. The molecule has 1 aliphatic carbocycles. The van der Waals surface area contributed by atoms with Crippen LogP contribution in [0.5, 0.6) is 0 Å². The minimum Gasteiger partial charge on any atom is -0.443 e. The van der Waals surface area contributed by atoms with E-state index in [-0.39, 0.29) is 6.54 Å². The van der Waals surface area contributed by atoms with Gasteiger partial charge in [0.05, 0.1) is 6.54 Å². The standard InChI is InChI=1S/C31H42N2O4/c1-8-23(18-22-14-10-9-11-15-22)26-19-27(26)32-20-24-16-12-13-17-25(24)21-33(28(34)36-30(2,3)4)29(35)37-31(5,6)7/h9-18,26-27,32H,8,19-21H2,1-7H3/t26-,27+/m0/s1. The maximum Gasteiger partial charge on any atom is 0.420 e. The van der Waals surface area contributed by atoms with Gasteiger partial charge in [0.2, 0.25) is 0 Å². The third-order valence-corrected chi connectivity index (χ3v) is 6.06. The highest BCUT2D eigenvalue weighted by atomic mass is 16.6. The van der Waals surface area contributed by atoms with Crippen molar-refractivity contribution in [1.82, 2.24) is 10.2 Å². The number of nitrogens with zero attached hydrogens (tertiary/aromatic N) is 1. The lowest BCUT2D eigenvalue weighted by Crippen LogP contribution is -2.43. The molecule has 3 rings (SSSR count). The Morgan fingerprint density at radius 3 is 1.97 bits per heavy atom. The average molecular weight is 507 g/mol. The normalized spacial score (nSPS) is 17.8. The number of carbonyl (C=O) groups excluding carboxylic acids is 2. The summed E-state index contributed by atoms with van der Waals surface area (Å²) in [6, 6.07) is 18.7. The van der Waals surface area contributed by atoms with Crippen LogP contribution >= 0.6 is 0 Å². The Bertz CT molecular complexity index is 1070. The fourth-order valence-corrected chi connectivity index (χ4v) is 4.20. The molecule has 200 valence electrons. The van der Waals surface area contributed by atoms with Gasteiger partial charge in [-0.25, -0.2) is 14.5 Å². The van der Waals surface area contributed by atoms with Crippen LogP contribution in [-0.2, 0) is 22.6 Å². The Morgan fingerprint density at radius 2 is 1.43 bits per heavy atom. The van der Waals surface area contributed by atoms with Gasteiger partial charge in [-0.1, -0.05) is 73.2 Å². The molecule has 6 heteroatoms. The molecule has 0 aliphatic heterocycles. The molecule has 0 aromatic heterocycles. The summed E-state index contributed by atoms with van der Waals surface area (Å²) in [5, 5.41) is 3.68. The zero-order valence-electron chi connectivity index (χ0n) is 23.3. The summed E-state index contributed by atoms with van der Waals surface area (Å²) in [5.41, 5.74) is 3.14. The van der Waals surface area contributed by atoms with E-state index in [9.17, 15) is 9.59 Å². The van der Waals surface area contributed by atoms with Crippen LogP contribution in [0.1, 0.15) is 78.0 Å². The molecule has 2 atom stereocenters. The number of rotatable bonds is 8. The number of carbonyl (C=O) groups is 2. The molecule has 0 bridgehead atoms. The first-order valence-corrected chi connectivity index (χ1v) is 13.2. The van der Waals surface area contributed by atoms with Crippen molar-refractivity contribution in [2.24, 2.45) is 5.92 Å². The van der Waals surface area contributed by atoms with Crippen molar-refractivity contribution >= 4 is 18.3 Å². The molecule has 0 unspecified atom stereocenters. The van der Waals surface area contributed by atoms with Crippen LogP contribution < -0.4 is 5.32 Å².